The van der Waals surface area contributed by atoms with Crippen molar-refractivity contribution in [2.75, 3.05) is 39.1 Å². The molecule has 81 heavy (non-hydrogen) atoms. The van der Waals surface area contributed by atoms with Crippen LogP contribution in [0.4, 0.5) is 42.8 Å². The number of carbonyl (C=O) groups is 3. The second-order valence-electron chi connectivity index (χ2n) is 21.0. The number of amides is 6. The lowest BCUT2D eigenvalue weighted by molar-refractivity contribution is 0.248. The van der Waals surface area contributed by atoms with E-state index in [0.717, 1.165) is 42.1 Å². The highest BCUT2D eigenvalue weighted by Gasteiger charge is 2.24. The highest BCUT2D eigenvalue weighted by molar-refractivity contribution is 6.15. The van der Waals surface area contributed by atoms with Gasteiger partial charge in [0.2, 0.25) is 0 Å². The van der Waals surface area contributed by atoms with Crippen LogP contribution >= 0.6 is 11.6 Å². The van der Waals surface area contributed by atoms with Crippen LogP contribution in [0.15, 0.2) is 155 Å². The lowest BCUT2D eigenvalue weighted by atomic mass is 10.0. The summed E-state index contributed by atoms with van der Waals surface area (Å²) in [6.45, 7) is 18.9. The van der Waals surface area contributed by atoms with Gasteiger partial charge in [-0.3, -0.25) is 24.3 Å². The van der Waals surface area contributed by atoms with Crippen LogP contribution in [-0.4, -0.2) is 55.7 Å². The van der Waals surface area contributed by atoms with Gasteiger partial charge in [0, 0.05) is 101 Å². The molecule has 428 valence electrons. The summed E-state index contributed by atoms with van der Waals surface area (Å²) in [6.07, 6.45) is 16.3. The second-order valence-corrected chi connectivity index (χ2v) is 21.0. The van der Waals surface area contributed by atoms with E-state index in [4.69, 9.17) is 0 Å². The van der Waals surface area contributed by atoms with Gasteiger partial charge in [0.1, 0.15) is 0 Å². The Labute approximate surface area is 479 Å². The first-order chi connectivity index (χ1) is 39.1. The molecule has 16 nitrogen and oxygen atoms in total. The largest absolute Gasteiger partial charge is 0.335 e. The van der Waals surface area contributed by atoms with Crippen molar-refractivity contribution >= 4 is 90.4 Å². The SMILES string of the molecule is CC.CC(C)Cn1cc(NC(=O)N2CCCc3ccccc32)c2ccccc2c1=O.CC(C)Cn1cc(NC(=O)NC2CCCC2)c2ccccc2c1=O.CC(C)Cn1cc(NC(=O)Nc2cccnc2)c2ccccc2c1=O.CCl. The predicted octanol–water partition coefficient (Wildman–Crippen LogP) is 13.9. The van der Waals surface area contributed by atoms with Crippen molar-refractivity contribution < 1.29 is 14.4 Å². The van der Waals surface area contributed by atoms with Crippen LogP contribution in [0.2, 0.25) is 0 Å². The van der Waals surface area contributed by atoms with Crippen LogP contribution in [0.1, 0.15) is 93.1 Å². The van der Waals surface area contributed by atoms with Crippen LogP contribution in [0.3, 0.4) is 0 Å². The molecule has 5 heterocycles. The van der Waals surface area contributed by atoms with Crippen molar-refractivity contribution in [3.63, 3.8) is 0 Å². The molecule has 0 unspecified atom stereocenters. The summed E-state index contributed by atoms with van der Waals surface area (Å²) >= 11 is 4.64. The molecule has 0 bridgehead atoms. The molecule has 6 amide bonds. The van der Waals surface area contributed by atoms with Gasteiger partial charge < -0.3 is 40.3 Å². The number of pyridine rings is 4. The summed E-state index contributed by atoms with van der Waals surface area (Å²) in [6, 6.07) is 33.2. The third-order valence-electron chi connectivity index (χ3n) is 13.4. The van der Waals surface area contributed by atoms with Gasteiger partial charge in [0.25, 0.3) is 16.7 Å². The summed E-state index contributed by atoms with van der Waals surface area (Å²) in [5.74, 6) is 0.997. The molecule has 8 aromatic rings. The summed E-state index contributed by atoms with van der Waals surface area (Å²) < 4.78 is 5.04. The number of aryl methyl sites for hydroxylation is 1. The van der Waals surface area contributed by atoms with Gasteiger partial charge in [0.15, 0.2) is 0 Å². The summed E-state index contributed by atoms with van der Waals surface area (Å²) in [5.41, 5.74) is 4.61. The van der Waals surface area contributed by atoms with Crippen molar-refractivity contribution in [1.82, 2.24) is 24.0 Å². The molecular formula is C64H79ClN10O6. The minimum absolute atomic E-state index is 0.0129. The molecule has 0 atom stereocenters. The number of alkyl halides is 1. The number of halogens is 1. The number of hydrogen-bond donors (Lipinski definition) is 5. The number of nitrogens with one attached hydrogen (secondary N) is 5. The zero-order chi connectivity index (χ0) is 58.6. The Morgan fingerprint density at radius 2 is 0.951 bits per heavy atom. The molecule has 10 rings (SSSR count). The monoisotopic (exact) mass is 1120 g/mol. The molecule has 4 aromatic carbocycles. The molecule has 0 spiro atoms. The average molecular weight is 1120 g/mol. The Kier molecular flexibility index (Phi) is 23.2. The smallest absolute Gasteiger partial charge is 0.326 e. The van der Waals surface area contributed by atoms with Crippen molar-refractivity contribution in [2.24, 2.45) is 17.8 Å². The molecule has 4 aromatic heterocycles. The number of aromatic nitrogens is 4. The zero-order valence-corrected chi connectivity index (χ0v) is 49.0. The van der Waals surface area contributed by atoms with E-state index in [9.17, 15) is 28.8 Å². The topological polar surface area (TPSA) is 193 Å². The van der Waals surface area contributed by atoms with E-state index in [1.165, 1.54) is 24.8 Å². The summed E-state index contributed by atoms with van der Waals surface area (Å²) in [5, 5.41) is 18.7. The van der Waals surface area contributed by atoms with E-state index < -0.39 is 0 Å². The van der Waals surface area contributed by atoms with Gasteiger partial charge in [-0.15, -0.1) is 11.6 Å². The minimum atomic E-state index is -0.382. The first kappa shape index (κ1) is 62.0. The molecule has 1 fully saturated rings. The van der Waals surface area contributed by atoms with E-state index in [-0.39, 0.29) is 40.8 Å². The van der Waals surface area contributed by atoms with E-state index in [2.05, 4.69) is 76.9 Å². The number of hydrogen-bond acceptors (Lipinski definition) is 7. The van der Waals surface area contributed by atoms with Gasteiger partial charge in [0.05, 0.1) is 28.9 Å². The van der Waals surface area contributed by atoms with Crippen molar-refractivity contribution in [2.45, 2.75) is 120 Å². The van der Waals surface area contributed by atoms with Gasteiger partial charge in [-0.25, -0.2) is 14.4 Å². The summed E-state index contributed by atoms with van der Waals surface area (Å²) in [7, 11) is 0. The third kappa shape index (κ3) is 16.7. The Bertz CT molecular complexity index is 3570. The molecule has 2 aliphatic rings. The first-order valence-corrected chi connectivity index (χ1v) is 28.8. The van der Waals surface area contributed by atoms with Crippen LogP contribution in [-0.2, 0) is 26.1 Å². The number of nitrogens with zero attached hydrogens (tertiary/aromatic N) is 5. The Morgan fingerprint density at radius 1 is 0.531 bits per heavy atom. The lowest BCUT2D eigenvalue weighted by Crippen LogP contribution is -2.39. The van der Waals surface area contributed by atoms with Crippen molar-refractivity contribution in [1.29, 1.82) is 0 Å². The highest BCUT2D eigenvalue weighted by atomic mass is 35.5. The normalized spacial score (nSPS) is 12.7. The number of anilines is 5. The van der Waals surface area contributed by atoms with Crippen LogP contribution in [0, 0.1) is 17.8 Å². The number of carbonyl (C=O) groups excluding carboxylic acids is 3. The molecule has 1 saturated carbocycles. The minimum Gasteiger partial charge on any atom is -0.335 e. The number of para-hydroxylation sites is 1. The lowest BCUT2D eigenvalue weighted by Gasteiger charge is -2.29. The fourth-order valence-electron chi connectivity index (χ4n) is 9.98. The molecule has 0 saturated heterocycles. The molecule has 17 heteroatoms. The quantitative estimate of drug-likeness (QED) is 0.0795. The summed E-state index contributed by atoms with van der Waals surface area (Å²) in [4.78, 5) is 81.6. The number of fused-ring (bicyclic) bond motifs is 4. The maximum Gasteiger partial charge on any atom is 0.326 e. The predicted molar refractivity (Wildman–Crippen MR) is 335 cm³/mol. The van der Waals surface area contributed by atoms with E-state index in [1.807, 2.05) is 113 Å². The highest BCUT2D eigenvalue weighted by Crippen LogP contribution is 2.29. The molecular weight excluding hydrogens is 1040 g/mol. The van der Waals surface area contributed by atoms with Crippen molar-refractivity contribution in [3.05, 3.63) is 177 Å². The van der Waals surface area contributed by atoms with Gasteiger partial charge in [-0.1, -0.05) is 141 Å². The Balaban J connectivity index is 0.000000190. The van der Waals surface area contributed by atoms with Crippen LogP contribution in [0.5, 0.6) is 0 Å². The number of benzene rings is 4. The molecule has 1 aliphatic heterocycles. The maximum atomic E-state index is 13.1. The average Bonchev–Trinajstić information content (AvgIpc) is 4.04. The molecule has 5 N–H and O–H groups in total. The van der Waals surface area contributed by atoms with Crippen molar-refractivity contribution in [3.8, 4) is 0 Å². The first-order valence-electron chi connectivity index (χ1n) is 28.1. The Hall–Kier alpha value is -8.24. The number of urea groups is 3. The van der Waals surface area contributed by atoms with Gasteiger partial charge >= 0.3 is 18.1 Å². The maximum absolute atomic E-state index is 13.1. The van der Waals surface area contributed by atoms with Crippen LogP contribution in [0.25, 0.3) is 32.3 Å². The van der Waals surface area contributed by atoms with E-state index in [1.54, 1.807) is 67.8 Å². The Morgan fingerprint density at radius 3 is 1.40 bits per heavy atom. The zero-order valence-electron chi connectivity index (χ0n) is 48.2. The second kappa shape index (κ2) is 30.4. The van der Waals surface area contributed by atoms with Gasteiger partial charge in [-0.05, 0) is 85.4 Å². The third-order valence-corrected chi connectivity index (χ3v) is 13.4. The fraction of sp³-hybridized carbons (Fsp3) is 0.359. The van der Waals surface area contributed by atoms with E-state index >= 15 is 0 Å². The van der Waals surface area contributed by atoms with E-state index in [0.29, 0.717) is 88.2 Å². The molecule has 1 aliphatic carbocycles. The molecule has 0 radical (unpaired) electrons. The fourth-order valence-corrected chi connectivity index (χ4v) is 9.98. The number of rotatable bonds is 11. The van der Waals surface area contributed by atoms with Gasteiger partial charge in [-0.2, -0.15) is 0 Å². The standard InChI is InChI=1S/C23H25N3O2.C19H20N4O2.C19H25N3O2.C2H6.CH3Cl/c1-16(2)14-25-15-20(18-10-4-5-11-19(18)22(25)27)24-23(28)26-13-7-9-17-8-3-6-12-21(17)26;1-13(2)11-23-12-17(15-7-3-4-8-16(15)18(23)24)22-19(25)21-14-6-5-9-20-10-14;1-13(2)11-22-12-17(15-9-5-6-10-16(15)18(22)23)21-19(24)20-14-7-3-4-8-14;2*1-2/h3-6,8,10-12,15-16H,7,9,13-14H2,1-2H3,(H,24,28);3-10,12-13H,11H2,1-2H3,(H2,21,22,25);5-6,9-10,12-14H,3-4,7-8,11H2,1-2H3,(H2,20,21,24);1-2H3;1H3. The van der Waals surface area contributed by atoms with Crippen LogP contribution < -0.4 is 48.2 Å².